The molecule has 0 spiro atoms. The maximum absolute atomic E-state index is 13.5. The Morgan fingerprint density at radius 1 is 1.09 bits per heavy atom. The van der Waals surface area contributed by atoms with Crippen LogP contribution < -0.4 is 19.7 Å². The summed E-state index contributed by atoms with van der Waals surface area (Å²) in [6.45, 7) is 5.80. The van der Waals surface area contributed by atoms with Crippen molar-refractivity contribution < 1.29 is 31.1 Å². The maximum Gasteiger partial charge on any atom is 0.394 e. The number of rotatable bonds is 5. The third kappa shape index (κ3) is 6.01. The van der Waals surface area contributed by atoms with Gasteiger partial charge in [-0.25, -0.2) is 14.4 Å². The van der Waals surface area contributed by atoms with Gasteiger partial charge in [0, 0.05) is 43.1 Å². The van der Waals surface area contributed by atoms with Crippen molar-refractivity contribution in [1.29, 1.82) is 0 Å². The fourth-order valence-electron chi connectivity index (χ4n) is 5.94. The van der Waals surface area contributed by atoms with Crippen molar-refractivity contribution in [2.45, 2.75) is 81.7 Å². The average Bonchev–Trinajstić information content (AvgIpc) is 3.26. The molecule has 1 atom stereocenters. The first-order valence-corrected chi connectivity index (χ1v) is 16.1. The van der Waals surface area contributed by atoms with Gasteiger partial charge in [-0.05, 0) is 77.1 Å². The zero-order valence-electron chi connectivity index (χ0n) is 24.5. The van der Waals surface area contributed by atoms with Crippen molar-refractivity contribution in [3.8, 4) is 11.7 Å². The second-order valence-electron chi connectivity index (χ2n) is 12.4. The molecule has 0 aromatic carbocycles. The van der Waals surface area contributed by atoms with Gasteiger partial charge in [-0.3, -0.25) is 9.48 Å². The van der Waals surface area contributed by atoms with Gasteiger partial charge >= 0.3 is 6.18 Å². The molecule has 3 aromatic rings. The molecule has 1 unspecified atom stereocenters. The molecule has 2 fully saturated rings. The molecular formula is C28H35F3N8O4S. The van der Waals surface area contributed by atoms with Gasteiger partial charge in [0.1, 0.15) is 5.82 Å². The molecule has 3 aromatic heterocycles. The van der Waals surface area contributed by atoms with Crippen LogP contribution in [0.25, 0.3) is 5.82 Å². The number of nitrogens with one attached hydrogen (secondary N) is 2. The molecule has 1 aliphatic carbocycles. The highest BCUT2D eigenvalue weighted by Crippen LogP contribution is 2.59. The van der Waals surface area contributed by atoms with Crippen molar-refractivity contribution >= 4 is 21.7 Å². The number of anilines is 1. The van der Waals surface area contributed by atoms with Crippen LogP contribution in [0.5, 0.6) is 5.88 Å². The van der Waals surface area contributed by atoms with Crippen LogP contribution in [0.3, 0.4) is 0 Å². The molecule has 3 aliphatic rings. The fourth-order valence-corrected chi connectivity index (χ4v) is 6.85. The van der Waals surface area contributed by atoms with E-state index < -0.39 is 33.1 Å². The van der Waals surface area contributed by atoms with Crippen molar-refractivity contribution in [3.05, 3.63) is 42.2 Å². The second-order valence-corrected chi connectivity index (χ2v) is 14.0. The summed E-state index contributed by atoms with van der Waals surface area (Å²) < 4.78 is 76.6. The molecule has 2 aliphatic heterocycles. The van der Waals surface area contributed by atoms with E-state index in [2.05, 4.69) is 20.2 Å². The third-order valence-corrected chi connectivity index (χ3v) is 9.91. The molecule has 5 heterocycles. The van der Waals surface area contributed by atoms with Gasteiger partial charge in [-0.15, -0.1) is 5.10 Å². The molecule has 12 nitrogen and oxygen atoms in total. The van der Waals surface area contributed by atoms with Gasteiger partial charge in [0.25, 0.3) is 15.9 Å². The van der Waals surface area contributed by atoms with E-state index in [0.29, 0.717) is 18.9 Å². The molecule has 1 saturated carbocycles. The Bertz CT molecular complexity index is 1650. The van der Waals surface area contributed by atoms with Gasteiger partial charge in [-0.2, -0.15) is 26.7 Å². The van der Waals surface area contributed by atoms with Gasteiger partial charge in [-0.1, -0.05) is 0 Å². The Kier molecular flexibility index (Phi) is 7.63. The summed E-state index contributed by atoms with van der Waals surface area (Å²) in [6, 6.07) is 6.01. The Hall–Kier alpha value is -3.66. The standard InChI is InChI=1S/C28H35F3N8O4S/c1-26(2)17-19-18-38(26)24-20(25(40)36-44(41,42)23-8-14-37(35-23)13-4-3-12-32-19)5-6-21(33-24)39-15-7-22(34-39)43-16-11-27(9-10-27)28(29,30)31/h5-8,14-15,19,32H,3-4,9-13,16-18H2,1-2H3,(H,36,40). The minimum Gasteiger partial charge on any atom is -0.477 e. The zero-order chi connectivity index (χ0) is 31.3. The van der Waals surface area contributed by atoms with E-state index in [1.54, 1.807) is 17.1 Å². The van der Waals surface area contributed by atoms with Crippen LogP contribution in [-0.4, -0.2) is 76.3 Å². The highest BCUT2D eigenvalue weighted by Gasteiger charge is 2.62. The van der Waals surface area contributed by atoms with E-state index in [1.807, 2.05) is 18.7 Å². The predicted molar refractivity (Wildman–Crippen MR) is 153 cm³/mol. The Morgan fingerprint density at radius 3 is 2.64 bits per heavy atom. The molecule has 1 saturated heterocycles. The lowest BCUT2D eigenvalue weighted by Crippen LogP contribution is -2.41. The number of halogens is 3. The summed E-state index contributed by atoms with van der Waals surface area (Å²) in [6.07, 6.45) is 1.39. The first-order valence-electron chi connectivity index (χ1n) is 14.6. The Balaban J connectivity index is 1.29. The van der Waals surface area contributed by atoms with E-state index in [4.69, 9.17) is 9.72 Å². The summed E-state index contributed by atoms with van der Waals surface area (Å²) in [5.74, 6) is -0.105. The first kappa shape index (κ1) is 30.4. The number of pyridine rings is 1. The Labute approximate surface area is 253 Å². The van der Waals surface area contributed by atoms with Crippen LogP contribution in [0, 0.1) is 5.41 Å². The fraction of sp³-hybridized carbons (Fsp3) is 0.571. The minimum absolute atomic E-state index is 0.0584. The second kappa shape index (κ2) is 11.1. The topological polar surface area (TPSA) is 136 Å². The Morgan fingerprint density at radius 2 is 1.89 bits per heavy atom. The van der Waals surface area contributed by atoms with Crippen LogP contribution >= 0.6 is 0 Å². The van der Waals surface area contributed by atoms with Crippen LogP contribution in [0.1, 0.15) is 62.7 Å². The van der Waals surface area contributed by atoms with E-state index >= 15 is 0 Å². The van der Waals surface area contributed by atoms with Crippen molar-refractivity contribution in [2.75, 3.05) is 24.6 Å². The molecule has 2 N–H and O–H groups in total. The molecule has 6 rings (SSSR count). The summed E-state index contributed by atoms with van der Waals surface area (Å²) >= 11 is 0. The van der Waals surface area contributed by atoms with Crippen molar-refractivity contribution in [3.63, 3.8) is 0 Å². The molecule has 238 valence electrons. The largest absolute Gasteiger partial charge is 0.477 e. The molecular weight excluding hydrogens is 601 g/mol. The summed E-state index contributed by atoms with van der Waals surface area (Å²) in [5.41, 5.74) is -2.04. The number of nitrogens with zero attached hydrogens (tertiary/aromatic N) is 6. The SMILES string of the molecule is CC1(C)CC2CN1c1nc(-n3ccc(OCCC4(C(F)(F)F)CC4)n3)ccc1C(=O)NS(=O)(=O)c1ccn(n1)CCCCN2. The normalized spacial score (nSPS) is 22.7. The highest BCUT2D eigenvalue weighted by atomic mass is 32.2. The monoisotopic (exact) mass is 636 g/mol. The number of ether oxygens (including phenoxy) is 1. The number of aromatic nitrogens is 5. The number of fused-ring (bicyclic) bond motifs is 6. The molecule has 44 heavy (non-hydrogen) atoms. The smallest absolute Gasteiger partial charge is 0.394 e. The number of carbonyl (C=O) groups excluding carboxylic acids is 1. The number of sulfonamides is 1. The van der Waals surface area contributed by atoms with Gasteiger partial charge in [0.05, 0.1) is 17.6 Å². The molecule has 1 amide bonds. The van der Waals surface area contributed by atoms with Gasteiger partial charge < -0.3 is 15.0 Å². The maximum atomic E-state index is 13.5. The number of alkyl halides is 3. The van der Waals surface area contributed by atoms with Gasteiger partial charge in [0.15, 0.2) is 10.8 Å². The van der Waals surface area contributed by atoms with Crippen LogP contribution in [-0.2, 0) is 16.6 Å². The summed E-state index contributed by atoms with van der Waals surface area (Å²) in [4.78, 5) is 20.3. The predicted octanol–water partition coefficient (Wildman–Crippen LogP) is 3.43. The van der Waals surface area contributed by atoms with E-state index in [9.17, 15) is 26.4 Å². The van der Waals surface area contributed by atoms with Crippen LogP contribution in [0.15, 0.2) is 41.7 Å². The highest BCUT2D eigenvalue weighted by molar-refractivity contribution is 7.90. The summed E-state index contributed by atoms with van der Waals surface area (Å²) in [5, 5.41) is 11.8. The van der Waals surface area contributed by atoms with Crippen molar-refractivity contribution in [1.82, 2.24) is 34.6 Å². The molecule has 4 bridgehead atoms. The molecule has 0 radical (unpaired) electrons. The summed E-state index contributed by atoms with van der Waals surface area (Å²) in [7, 11) is -4.26. The lowest BCUT2D eigenvalue weighted by molar-refractivity contribution is -0.190. The zero-order valence-corrected chi connectivity index (χ0v) is 25.3. The van der Waals surface area contributed by atoms with Crippen LogP contribution in [0.2, 0.25) is 0 Å². The number of carbonyl (C=O) groups is 1. The first-order chi connectivity index (χ1) is 20.8. The minimum atomic E-state index is -4.26. The van der Waals surface area contributed by atoms with Crippen LogP contribution in [0.4, 0.5) is 19.0 Å². The number of amides is 1. The third-order valence-electron chi connectivity index (χ3n) is 8.69. The van der Waals surface area contributed by atoms with E-state index in [1.165, 1.54) is 28.9 Å². The average molecular weight is 637 g/mol. The quantitative estimate of drug-likeness (QED) is 0.432. The molecule has 16 heteroatoms. The number of aryl methyl sites for hydroxylation is 1. The lowest BCUT2D eigenvalue weighted by Gasteiger charge is -2.33. The number of hydrogen-bond donors (Lipinski definition) is 2. The number of hydrogen-bond acceptors (Lipinski definition) is 9. The van der Waals surface area contributed by atoms with Crippen molar-refractivity contribution in [2.24, 2.45) is 5.41 Å². The van der Waals surface area contributed by atoms with E-state index in [0.717, 1.165) is 25.8 Å². The van der Waals surface area contributed by atoms with E-state index in [-0.39, 0.29) is 54.2 Å². The lowest BCUT2D eigenvalue weighted by atomic mass is 9.99. The van der Waals surface area contributed by atoms with Gasteiger partial charge in [0.2, 0.25) is 5.88 Å².